The number of rotatable bonds is 9. The molecule has 3 rings (SSSR count). The van der Waals surface area contributed by atoms with Gasteiger partial charge in [0.05, 0.1) is 18.4 Å². The predicted octanol–water partition coefficient (Wildman–Crippen LogP) is 5.51. The van der Waals surface area contributed by atoms with Crippen LogP contribution in [0.5, 0.6) is 5.75 Å². The molecule has 0 fully saturated rings. The van der Waals surface area contributed by atoms with Crippen molar-refractivity contribution in [2.24, 2.45) is 4.99 Å². The van der Waals surface area contributed by atoms with Crippen LogP contribution in [0.15, 0.2) is 58.6 Å². The van der Waals surface area contributed by atoms with Crippen molar-refractivity contribution >= 4 is 23.5 Å². The number of aromatic nitrogens is 3. The molecule has 7 nitrogen and oxygen atoms in total. The molecule has 0 saturated carbocycles. The van der Waals surface area contributed by atoms with Crippen LogP contribution in [0.2, 0.25) is 5.02 Å². The fourth-order valence-corrected chi connectivity index (χ4v) is 3.78. The van der Waals surface area contributed by atoms with Gasteiger partial charge in [-0.15, -0.1) is 0 Å². The second kappa shape index (κ2) is 11.7. The van der Waals surface area contributed by atoms with Crippen LogP contribution in [-0.4, -0.2) is 25.9 Å². The molecule has 0 saturated heterocycles. The number of halogens is 4. The molecule has 38 heavy (non-hydrogen) atoms. The third-order valence-corrected chi connectivity index (χ3v) is 5.83. The number of ether oxygens (including phenoxy) is 1. The van der Waals surface area contributed by atoms with Crippen molar-refractivity contribution in [3.8, 4) is 5.75 Å². The van der Waals surface area contributed by atoms with Crippen molar-refractivity contribution in [1.29, 1.82) is 0 Å². The van der Waals surface area contributed by atoms with Crippen LogP contribution in [0, 0.1) is 24.4 Å². The first kappa shape index (κ1) is 28.8. The van der Waals surface area contributed by atoms with E-state index < -0.39 is 28.6 Å². The molecule has 3 aromatic rings. The Bertz CT molecular complexity index is 1490. The highest BCUT2D eigenvalue weighted by Crippen LogP contribution is 2.26. The number of aliphatic hydroxyl groups is 1. The minimum Gasteiger partial charge on any atom is -0.485 e. The normalized spacial score (nSPS) is 12.6. The van der Waals surface area contributed by atoms with Crippen LogP contribution in [0.3, 0.4) is 0 Å². The quantitative estimate of drug-likeness (QED) is 0.282. The van der Waals surface area contributed by atoms with Crippen LogP contribution < -0.4 is 10.3 Å². The summed E-state index contributed by atoms with van der Waals surface area (Å²) in [6.07, 6.45) is 5.17. The molecule has 3 aromatic heterocycles. The van der Waals surface area contributed by atoms with Crippen molar-refractivity contribution in [3.05, 3.63) is 104 Å². The average Bonchev–Trinajstić information content (AvgIpc) is 2.84. The SMILES string of the molecule is C=C/C(=C(C)\C=N/Cc1ccnc(C(C)(C)O)c1F)n1c(C)cc(OCc2ncc(F)cc2F)c(Cl)c1=O. The van der Waals surface area contributed by atoms with Gasteiger partial charge in [-0.05, 0) is 45.4 Å². The van der Waals surface area contributed by atoms with Crippen LogP contribution in [0.25, 0.3) is 5.70 Å². The molecule has 200 valence electrons. The van der Waals surface area contributed by atoms with E-state index in [0.717, 1.165) is 6.20 Å². The molecule has 0 aliphatic heterocycles. The lowest BCUT2D eigenvalue weighted by Crippen LogP contribution is -2.23. The maximum atomic E-state index is 14.7. The van der Waals surface area contributed by atoms with Crippen LogP contribution in [0.1, 0.15) is 43.4 Å². The van der Waals surface area contributed by atoms with Gasteiger partial charge in [-0.25, -0.2) is 13.2 Å². The Morgan fingerprint density at radius 2 is 2.00 bits per heavy atom. The zero-order chi connectivity index (χ0) is 28.2. The zero-order valence-electron chi connectivity index (χ0n) is 21.2. The molecule has 0 bridgehead atoms. The van der Waals surface area contributed by atoms with Crippen molar-refractivity contribution in [1.82, 2.24) is 14.5 Å². The smallest absolute Gasteiger partial charge is 0.277 e. The molecule has 11 heteroatoms. The fraction of sp³-hybridized carbons (Fsp3) is 0.259. The van der Waals surface area contributed by atoms with Gasteiger partial charge in [0.15, 0.2) is 11.6 Å². The van der Waals surface area contributed by atoms with E-state index in [0.29, 0.717) is 23.0 Å². The van der Waals surface area contributed by atoms with E-state index >= 15 is 0 Å². The number of aryl methyl sites for hydroxylation is 1. The molecule has 0 radical (unpaired) electrons. The van der Waals surface area contributed by atoms with Gasteiger partial charge < -0.3 is 9.84 Å². The number of hydrogen-bond donors (Lipinski definition) is 1. The van der Waals surface area contributed by atoms with Gasteiger partial charge >= 0.3 is 0 Å². The lowest BCUT2D eigenvalue weighted by molar-refractivity contribution is 0.0692. The molecule has 3 heterocycles. The number of hydrogen-bond acceptors (Lipinski definition) is 6. The van der Waals surface area contributed by atoms with E-state index in [1.165, 1.54) is 49.0 Å². The van der Waals surface area contributed by atoms with E-state index in [9.17, 15) is 23.1 Å². The summed E-state index contributed by atoms with van der Waals surface area (Å²) in [5.41, 5.74) is -0.719. The third-order valence-electron chi connectivity index (χ3n) is 5.48. The maximum Gasteiger partial charge on any atom is 0.277 e. The Kier molecular flexibility index (Phi) is 8.90. The first-order chi connectivity index (χ1) is 17.8. The van der Waals surface area contributed by atoms with Gasteiger partial charge in [-0.2, -0.15) is 0 Å². The highest BCUT2D eigenvalue weighted by molar-refractivity contribution is 6.31. The molecule has 0 atom stereocenters. The lowest BCUT2D eigenvalue weighted by Gasteiger charge is -2.18. The molecule has 0 aliphatic rings. The van der Waals surface area contributed by atoms with Gasteiger partial charge in [0.2, 0.25) is 0 Å². The number of pyridine rings is 3. The highest BCUT2D eigenvalue weighted by atomic mass is 35.5. The van der Waals surface area contributed by atoms with E-state index in [2.05, 4.69) is 21.5 Å². The second-order valence-electron chi connectivity index (χ2n) is 8.91. The molecule has 0 aliphatic carbocycles. The summed E-state index contributed by atoms with van der Waals surface area (Å²) < 4.78 is 48.5. The molecule has 0 unspecified atom stereocenters. The Balaban J connectivity index is 1.88. The van der Waals surface area contributed by atoms with Crippen molar-refractivity contribution in [3.63, 3.8) is 0 Å². The number of aliphatic imine (C=N–C) groups is 1. The van der Waals surface area contributed by atoms with Crippen molar-refractivity contribution in [2.45, 2.75) is 46.4 Å². The highest BCUT2D eigenvalue weighted by Gasteiger charge is 2.24. The summed E-state index contributed by atoms with van der Waals surface area (Å²) in [6.45, 7) is 9.58. The largest absolute Gasteiger partial charge is 0.485 e. The zero-order valence-corrected chi connectivity index (χ0v) is 22.0. The monoisotopic (exact) mass is 546 g/mol. The average molecular weight is 547 g/mol. The minimum atomic E-state index is -1.45. The molecule has 1 N–H and O–H groups in total. The molecule has 0 spiro atoms. The lowest BCUT2D eigenvalue weighted by atomic mass is 10.0. The Labute approximate surface area is 222 Å². The standard InChI is InChI=1S/C27H26ClF3N4O3/c1-6-21(15(2)11-32-12-17-7-8-33-25(24(17)31)27(4,5)37)35-16(3)9-22(23(28)26(35)36)38-14-20-19(30)10-18(29)13-34-20/h6-11,13,37H,1,12,14H2,2-5H3/b21-15+,32-11-. The summed E-state index contributed by atoms with van der Waals surface area (Å²) in [7, 11) is 0. The van der Waals surface area contributed by atoms with Crippen LogP contribution in [0.4, 0.5) is 13.2 Å². The van der Waals surface area contributed by atoms with Gasteiger partial charge in [-0.1, -0.05) is 18.2 Å². The fourth-order valence-electron chi connectivity index (χ4n) is 3.59. The van der Waals surface area contributed by atoms with Gasteiger partial charge in [-0.3, -0.25) is 24.3 Å². The summed E-state index contributed by atoms with van der Waals surface area (Å²) in [5, 5.41) is 9.84. The molecular formula is C27H26ClF3N4O3. The summed E-state index contributed by atoms with van der Waals surface area (Å²) in [5.74, 6) is -2.36. The molecular weight excluding hydrogens is 521 g/mol. The predicted molar refractivity (Wildman–Crippen MR) is 140 cm³/mol. The van der Waals surface area contributed by atoms with Crippen LogP contribution in [-0.2, 0) is 18.8 Å². The first-order valence-corrected chi connectivity index (χ1v) is 11.8. The van der Waals surface area contributed by atoms with Crippen LogP contribution >= 0.6 is 11.6 Å². The van der Waals surface area contributed by atoms with Gasteiger partial charge in [0.25, 0.3) is 5.56 Å². The Morgan fingerprint density at radius 1 is 1.29 bits per heavy atom. The number of allylic oxidation sites excluding steroid dienone is 3. The van der Waals surface area contributed by atoms with E-state index in [1.54, 1.807) is 13.8 Å². The summed E-state index contributed by atoms with van der Waals surface area (Å²) in [4.78, 5) is 24.9. The second-order valence-corrected chi connectivity index (χ2v) is 9.29. The topological polar surface area (TPSA) is 89.6 Å². The van der Waals surface area contributed by atoms with E-state index in [-0.39, 0.29) is 40.9 Å². The minimum absolute atomic E-state index is 0.00134. The van der Waals surface area contributed by atoms with Crippen molar-refractivity contribution in [2.75, 3.05) is 0 Å². The van der Waals surface area contributed by atoms with Crippen molar-refractivity contribution < 1.29 is 23.0 Å². The van der Waals surface area contributed by atoms with E-state index in [4.69, 9.17) is 16.3 Å². The first-order valence-electron chi connectivity index (χ1n) is 11.4. The maximum absolute atomic E-state index is 14.7. The molecule has 0 amide bonds. The number of nitrogens with zero attached hydrogens (tertiary/aromatic N) is 4. The molecule has 0 aromatic carbocycles. The van der Waals surface area contributed by atoms with Gasteiger partial charge in [0.1, 0.15) is 40.2 Å². The Hall–Kier alpha value is -3.76. The van der Waals surface area contributed by atoms with E-state index in [1.807, 2.05) is 0 Å². The Morgan fingerprint density at radius 3 is 2.63 bits per heavy atom. The third kappa shape index (κ3) is 6.38. The summed E-state index contributed by atoms with van der Waals surface area (Å²) in [6, 6.07) is 3.64. The summed E-state index contributed by atoms with van der Waals surface area (Å²) >= 11 is 6.27. The van der Waals surface area contributed by atoms with Gasteiger partial charge in [0, 0.05) is 35.8 Å².